The number of carbonyl (C=O) groups excluding carboxylic acids is 2. The third kappa shape index (κ3) is 4.12. The monoisotopic (exact) mass is 357 g/mol. The average molecular weight is 357 g/mol. The number of rotatable bonds is 7. The fourth-order valence-corrected chi connectivity index (χ4v) is 2.34. The van der Waals surface area contributed by atoms with Gasteiger partial charge in [0.2, 0.25) is 5.82 Å². The molecule has 6 N–H and O–H groups in total. The number of ether oxygens (including phenoxy) is 2. The molecule has 1 saturated heterocycles. The van der Waals surface area contributed by atoms with Gasteiger partial charge in [-0.25, -0.2) is 9.67 Å². The van der Waals surface area contributed by atoms with Crippen molar-refractivity contribution in [2.45, 2.75) is 50.8 Å². The smallest absolute Gasteiger partial charge is 0.323 e. The van der Waals surface area contributed by atoms with E-state index in [-0.39, 0.29) is 18.3 Å². The molecule has 0 bridgehead atoms. The van der Waals surface area contributed by atoms with Gasteiger partial charge in [-0.15, -0.1) is 5.10 Å². The molecule has 1 fully saturated rings. The van der Waals surface area contributed by atoms with E-state index < -0.39 is 42.5 Å². The third-order valence-electron chi connectivity index (χ3n) is 4.25. The lowest BCUT2D eigenvalue weighted by Crippen LogP contribution is -2.40. The van der Waals surface area contributed by atoms with Crippen LogP contribution in [0.2, 0.25) is 0 Å². The zero-order chi connectivity index (χ0) is 18.7. The van der Waals surface area contributed by atoms with Crippen LogP contribution in [0.4, 0.5) is 0 Å². The highest BCUT2D eigenvalue weighted by Crippen LogP contribution is 2.29. The number of nitrogens with zero attached hydrogens (tertiary/aromatic N) is 3. The van der Waals surface area contributed by atoms with Crippen LogP contribution in [-0.4, -0.2) is 67.8 Å². The standard InChI is InChI=1S/C14H23N5O6/c1-3-6(2)8(15)14(23)24-4-7-9(20)10(21)13(25-7)19-5-17-12(18-19)11(16)22/h5-10,13,20-21H,3-4,15H2,1-2H3,(H2,16,22)/t6-,7?,8?,9?,10?,13+/m0/s1. The Balaban J connectivity index is 1.97. The molecule has 0 spiro atoms. The summed E-state index contributed by atoms with van der Waals surface area (Å²) in [5.74, 6) is -1.75. The van der Waals surface area contributed by atoms with Crippen LogP contribution in [0, 0.1) is 5.92 Å². The van der Waals surface area contributed by atoms with Crippen LogP contribution in [0.15, 0.2) is 6.33 Å². The Hall–Kier alpha value is -2.08. The Labute approximate surface area is 143 Å². The summed E-state index contributed by atoms with van der Waals surface area (Å²) in [7, 11) is 0. The lowest BCUT2D eigenvalue weighted by atomic mass is 10.0. The molecule has 1 aliphatic rings. The number of aromatic nitrogens is 3. The molecule has 0 radical (unpaired) electrons. The molecule has 140 valence electrons. The van der Waals surface area contributed by atoms with Crippen molar-refractivity contribution >= 4 is 11.9 Å². The van der Waals surface area contributed by atoms with Gasteiger partial charge in [0.15, 0.2) is 6.23 Å². The van der Waals surface area contributed by atoms with Crippen molar-refractivity contribution in [1.82, 2.24) is 14.8 Å². The van der Waals surface area contributed by atoms with Crippen LogP contribution in [0.25, 0.3) is 0 Å². The molecule has 4 unspecified atom stereocenters. The second-order valence-corrected chi connectivity index (χ2v) is 6.00. The van der Waals surface area contributed by atoms with E-state index in [4.69, 9.17) is 20.9 Å². The first kappa shape index (κ1) is 19.2. The van der Waals surface area contributed by atoms with Crippen molar-refractivity contribution in [2.75, 3.05) is 6.61 Å². The number of nitrogens with two attached hydrogens (primary N) is 2. The van der Waals surface area contributed by atoms with E-state index in [1.807, 2.05) is 13.8 Å². The molecular weight excluding hydrogens is 334 g/mol. The number of primary amides is 1. The van der Waals surface area contributed by atoms with Gasteiger partial charge in [-0.3, -0.25) is 9.59 Å². The maximum Gasteiger partial charge on any atom is 0.323 e. The molecule has 6 atom stereocenters. The summed E-state index contributed by atoms with van der Waals surface area (Å²) in [4.78, 5) is 26.6. The second-order valence-electron chi connectivity index (χ2n) is 6.00. The molecule has 1 aliphatic heterocycles. The molecule has 25 heavy (non-hydrogen) atoms. The Morgan fingerprint density at radius 2 is 2.12 bits per heavy atom. The summed E-state index contributed by atoms with van der Waals surface area (Å²) in [5.41, 5.74) is 10.8. The zero-order valence-corrected chi connectivity index (χ0v) is 14.0. The third-order valence-corrected chi connectivity index (χ3v) is 4.25. The normalized spacial score (nSPS) is 28.5. The number of aliphatic hydroxyl groups excluding tert-OH is 2. The lowest BCUT2D eigenvalue weighted by Gasteiger charge is -2.19. The lowest BCUT2D eigenvalue weighted by molar-refractivity contribution is -0.153. The van der Waals surface area contributed by atoms with Crippen molar-refractivity contribution in [1.29, 1.82) is 0 Å². The number of hydrogen-bond donors (Lipinski definition) is 4. The maximum absolute atomic E-state index is 11.9. The molecule has 11 nitrogen and oxygen atoms in total. The van der Waals surface area contributed by atoms with Gasteiger partial charge < -0.3 is 31.2 Å². The predicted molar refractivity (Wildman–Crippen MR) is 82.9 cm³/mol. The van der Waals surface area contributed by atoms with Crippen LogP contribution >= 0.6 is 0 Å². The van der Waals surface area contributed by atoms with Gasteiger partial charge in [0, 0.05) is 0 Å². The summed E-state index contributed by atoms with van der Waals surface area (Å²) in [6.07, 6.45) is -2.88. The number of carbonyl (C=O) groups is 2. The van der Waals surface area contributed by atoms with Gasteiger partial charge in [-0.05, 0) is 5.92 Å². The van der Waals surface area contributed by atoms with Crippen molar-refractivity contribution in [3.05, 3.63) is 12.2 Å². The van der Waals surface area contributed by atoms with Gasteiger partial charge in [0.05, 0.1) is 0 Å². The van der Waals surface area contributed by atoms with E-state index in [0.717, 1.165) is 11.0 Å². The molecule has 1 amide bonds. The topological polar surface area (TPSA) is 176 Å². The van der Waals surface area contributed by atoms with E-state index in [0.29, 0.717) is 6.42 Å². The highest BCUT2D eigenvalue weighted by Gasteiger charge is 2.45. The fraction of sp³-hybridized carbons (Fsp3) is 0.714. The zero-order valence-electron chi connectivity index (χ0n) is 14.0. The Morgan fingerprint density at radius 3 is 2.68 bits per heavy atom. The summed E-state index contributed by atoms with van der Waals surface area (Å²) < 4.78 is 11.6. The Morgan fingerprint density at radius 1 is 1.44 bits per heavy atom. The van der Waals surface area contributed by atoms with Gasteiger partial charge in [0.1, 0.15) is 37.3 Å². The van der Waals surface area contributed by atoms with Crippen LogP contribution in [0.3, 0.4) is 0 Å². The largest absolute Gasteiger partial charge is 0.462 e. The van der Waals surface area contributed by atoms with Crippen molar-refractivity contribution in [2.24, 2.45) is 17.4 Å². The van der Waals surface area contributed by atoms with Crippen LogP contribution in [0.1, 0.15) is 37.1 Å². The summed E-state index contributed by atoms with van der Waals surface area (Å²) >= 11 is 0. The van der Waals surface area contributed by atoms with Gasteiger partial charge >= 0.3 is 5.97 Å². The van der Waals surface area contributed by atoms with E-state index in [2.05, 4.69) is 10.1 Å². The molecular formula is C14H23N5O6. The second kappa shape index (κ2) is 7.87. The molecule has 0 aliphatic carbocycles. The Bertz CT molecular complexity index is 623. The van der Waals surface area contributed by atoms with E-state index in [1.54, 1.807) is 0 Å². The first-order valence-electron chi connectivity index (χ1n) is 7.91. The fourth-order valence-electron chi connectivity index (χ4n) is 2.34. The minimum absolute atomic E-state index is 0.0531. The van der Waals surface area contributed by atoms with Crippen LogP contribution in [0.5, 0.6) is 0 Å². The highest BCUT2D eigenvalue weighted by molar-refractivity contribution is 5.88. The average Bonchev–Trinajstić information content (AvgIpc) is 3.18. The van der Waals surface area contributed by atoms with Crippen molar-refractivity contribution in [3.63, 3.8) is 0 Å². The first-order valence-corrected chi connectivity index (χ1v) is 7.91. The number of esters is 1. The summed E-state index contributed by atoms with van der Waals surface area (Å²) in [6, 6.07) is -0.780. The SMILES string of the molecule is CC[C@H](C)C(N)C(=O)OCC1O[C@@H](n2cnc(C(N)=O)n2)C(O)C1O. The minimum Gasteiger partial charge on any atom is -0.462 e. The van der Waals surface area contributed by atoms with Crippen LogP contribution in [-0.2, 0) is 14.3 Å². The number of hydrogen-bond acceptors (Lipinski definition) is 9. The molecule has 1 aromatic rings. The minimum atomic E-state index is -1.35. The molecule has 2 heterocycles. The highest BCUT2D eigenvalue weighted by atomic mass is 16.6. The maximum atomic E-state index is 11.9. The molecule has 2 rings (SSSR count). The quantitative estimate of drug-likeness (QED) is 0.399. The van der Waals surface area contributed by atoms with Gasteiger partial charge in [-0.1, -0.05) is 20.3 Å². The molecule has 0 aromatic carbocycles. The Kier molecular flexibility index (Phi) is 6.06. The van der Waals surface area contributed by atoms with Crippen molar-refractivity contribution < 1.29 is 29.3 Å². The first-order chi connectivity index (χ1) is 11.8. The number of amides is 1. The molecule has 1 aromatic heterocycles. The van der Waals surface area contributed by atoms with E-state index in [1.165, 1.54) is 0 Å². The van der Waals surface area contributed by atoms with Crippen LogP contribution < -0.4 is 11.5 Å². The molecule has 11 heteroatoms. The summed E-state index contributed by atoms with van der Waals surface area (Å²) in [6.45, 7) is 3.45. The van der Waals surface area contributed by atoms with E-state index >= 15 is 0 Å². The van der Waals surface area contributed by atoms with E-state index in [9.17, 15) is 19.8 Å². The summed E-state index contributed by atoms with van der Waals surface area (Å²) in [5, 5.41) is 23.9. The van der Waals surface area contributed by atoms with Gasteiger partial charge in [-0.2, -0.15) is 0 Å². The molecule has 0 saturated carbocycles. The van der Waals surface area contributed by atoms with Gasteiger partial charge in [0.25, 0.3) is 5.91 Å². The van der Waals surface area contributed by atoms with Crippen molar-refractivity contribution in [3.8, 4) is 0 Å². The predicted octanol–water partition coefficient (Wildman–Crippen LogP) is -2.09. The number of aliphatic hydroxyl groups is 2.